The van der Waals surface area contributed by atoms with Crippen LogP contribution in [-0.4, -0.2) is 0 Å². The lowest BCUT2D eigenvalue weighted by Crippen LogP contribution is -1.92. The number of hydrogen-bond acceptors (Lipinski definition) is 6. The van der Waals surface area contributed by atoms with Gasteiger partial charge in [-0.15, -0.1) is 0 Å². The number of nitrogens with zero attached hydrogens (tertiary/aromatic N) is 4. The number of allylic oxidation sites excluding steroid dienone is 2. The zero-order valence-electron chi connectivity index (χ0n) is 10.3. The van der Waals surface area contributed by atoms with E-state index in [2.05, 4.69) is 10.6 Å². The minimum absolute atomic E-state index is 0.0252. The van der Waals surface area contributed by atoms with E-state index in [1.165, 1.54) is 12.4 Å². The van der Waals surface area contributed by atoms with Crippen molar-refractivity contribution in [2.75, 3.05) is 10.6 Å². The zero-order valence-corrected chi connectivity index (χ0v) is 10.3. The van der Waals surface area contributed by atoms with Gasteiger partial charge in [-0.2, -0.15) is 21.0 Å². The van der Waals surface area contributed by atoms with Crippen LogP contribution in [-0.2, 0) is 0 Å². The summed E-state index contributed by atoms with van der Waals surface area (Å²) in [6.45, 7) is 0. The molecule has 0 saturated heterocycles. The molecule has 0 aromatic heterocycles. The van der Waals surface area contributed by atoms with Crippen molar-refractivity contribution < 1.29 is 0 Å². The minimum Gasteiger partial charge on any atom is -0.360 e. The Balaban J connectivity index is 2.72. The molecule has 0 heterocycles. The molecule has 2 N–H and O–H groups in total. The smallest absolute Gasteiger partial charge is 0.145 e. The molecular formula is C14H8N6. The lowest BCUT2D eigenvalue weighted by atomic mass is 10.2. The van der Waals surface area contributed by atoms with Crippen molar-refractivity contribution in [3.63, 3.8) is 0 Å². The van der Waals surface area contributed by atoms with E-state index in [1.54, 1.807) is 48.5 Å². The molecule has 0 spiro atoms. The molecule has 1 aromatic rings. The molecule has 1 aromatic carbocycles. The summed E-state index contributed by atoms with van der Waals surface area (Å²) in [5.74, 6) is 0. The molecule has 0 aliphatic rings. The van der Waals surface area contributed by atoms with Gasteiger partial charge in [0.25, 0.3) is 0 Å². The average molecular weight is 260 g/mol. The third-order valence-electron chi connectivity index (χ3n) is 2.13. The highest BCUT2D eigenvalue weighted by Gasteiger charge is 1.95. The molecule has 94 valence electrons. The SMILES string of the molecule is N#CC(C#N)=CNc1ccc(NC=C(C#N)C#N)cc1. The molecule has 0 amide bonds. The van der Waals surface area contributed by atoms with Gasteiger partial charge in [0.05, 0.1) is 0 Å². The Morgan fingerprint density at radius 2 is 1.00 bits per heavy atom. The molecule has 0 bridgehead atoms. The van der Waals surface area contributed by atoms with Crippen LogP contribution in [0.4, 0.5) is 11.4 Å². The fourth-order valence-corrected chi connectivity index (χ4v) is 1.15. The van der Waals surface area contributed by atoms with E-state index >= 15 is 0 Å². The Kier molecular flexibility index (Phi) is 5.41. The van der Waals surface area contributed by atoms with Gasteiger partial charge in [-0.05, 0) is 24.3 Å². The summed E-state index contributed by atoms with van der Waals surface area (Å²) in [4.78, 5) is 0. The van der Waals surface area contributed by atoms with Gasteiger partial charge in [0.2, 0.25) is 0 Å². The van der Waals surface area contributed by atoms with Crippen molar-refractivity contribution in [1.29, 1.82) is 21.0 Å². The fraction of sp³-hybridized carbons (Fsp3) is 0. The molecule has 0 radical (unpaired) electrons. The van der Waals surface area contributed by atoms with Crippen LogP contribution in [0.25, 0.3) is 0 Å². The van der Waals surface area contributed by atoms with Crippen LogP contribution in [0.1, 0.15) is 0 Å². The maximum Gasteiger partial charge on any atom is 0.145 e. The molecule has 6 heteroatoms. The summed E-state index contributed by atoms with van der Waals surface area (Å²) in [5, 5.41) is 39.9. The van der Waals surface area contributed by atoms with E-state index in [4.69, 9.17) is 21.0 Å². The van der Waals surface area contributed by atoms with Gasteiger partial charge >= 0.3 is 0 Å². The van der Waals surface area contributed by atoms with Crippen LogP contribution in [0.3, 0.4) is 0 Å². The summed E-state index contributed by atoms with van der Waals surface area (Å²) in [7, 11) is 0. The zero-order chi connectivity index (χ0) is 14.8. The van der Waals surface area contributed by atoms with Gasteiger partial charge in [0.1, 0.15) is 35.4 Å². The lowest BCUT2D eigenvalue weighted by Gasteiger charge is -2.03. The highest BCUT2D eigenvalue weighted by atomic mass is 14.9. The van der Waals surface area contributed by atoms with E-state index in [0.717, 1.165) is 0 Å². The molecule has 6 nitrogen and oxygen atoms in total. The Morgan fingerprint density at radius 1 is 0.700 bits per heavy atom. The first-order chi connectivity index (χ1) is 9.73. The maximum absolute atomic E-state index is 8.57. The van der Waals surface area contributed by atoms with Gasteiger partial charge in [0.15, 0.2) is 0 Å². The van der Waals surface area contributed by atoms with Gasteiger partial charge in [-0.1, -0.05) is 0 Å². The molecule has 20 heavy (non-hydrogen) atoms. The van der Waals surface area contributed by atoms with Crippen LogP contribution in [0, 0.1) is 45.3 Å². The summed E-state index contributed by atoms with van der Waals surface area (Å²) < 4.78 is 0. The van der Waals surface area contributed by atoms with Gasteiger partial charge in [-0.25, -0.2) is 0 Å². The topological polar surface area (TPSA) is 119 Å². The van der Waals surface area contributed by atoms with Crippen LogP contribution >= 0.6 is 0 Å². The maximum atomic E-state index is 8.57. The average Bonchev–Trinajstić information content (AvgIpc) is 2.50. The first-order valence-electron chi connectivity index (χ1n) is 5.37. The second-order valence-corrected chi connectivity index (χ2v) is 3.43. The Labute approximate surface area is 116 Å². The van der Waals surface area contributed by atoms with Crippen molar-refractivity contribution in [2.45, 2.75) is 0 Å². The van der Waals surface area contributed by atoms with E-state index in [9.17, 15) is 0 Å². The normalized spacial score (nSPS) is 7.80. The number of hydrogen-bond donors (Lipinski definition) is 2. The Hall–Kier alpha value is -3.74. The van der Waals surface area contributed by atoms with Gasteiger partial charge < -0.3 is 10.6 Å². The molecule has 0 fully saturated rings. The second kappa shape index (κ2) is 7.56. The summed E-state index contributed by atoms with van der Waals surface area (Å²) in [6.07, 6.45) is 2.62. The van der Waals surface area contributed by atoms with Crippen molar-refractivity contribution >= 4 is 11.4 Å². The molecule has 1 rings (SSSR count). The highest BCUT2D eigenvalue weighted by Crippen LogP contribution is 2.14. The predicted molar refractivity (Wildman–Crippen MR) is 72.3 cm³/mol. The number of benzene rings is 1. The quantitative estimate of drug-likeness (QED) is 0.802. The Bertz CT molecular complexity index is 603. The number of nitrogens with one attached hydrogen (secondary N) is 2. The summed E-state index contributed by atoms with van der Waals surface area (Å²) in [5.41, 5.74) is 1.34. The van der Waals surface area contributed by atoms with Gasteiger partial charge in [-0.3, -0.25) is 0 Å². The number of rotatable bonds is 4. The third-order valence-corrected chi connectivity index (χ3v) is 2.13. The van der Waals surface area contributed by atoms with Crippen LogP contribution in [0.5, 0.6) is 0 Å². The molecule has 0 saturated carbocycles. The minimum atomic E-state index is -0.0252. The monoisotopic (exact) mass is 260 g/mol. The van der Waals surface area contributed by atoms with Crippen molar-refractivity contribution in [2.24, 2.45) is 0 Å². The first kappa shape index (κ1) is 14.3. The van der Waals surface area contributed by atoms with Crippen molar-refractivity contribution in [1.82, 2.24) is 0 Å². The fourth-order valence-electron chi connectivity index (χ4n) is 1.15. The van der Waals surface area contributed by atoms with Crippen LogP contribution in [0.15, 0.2) is 47.8 Å². The van der Waals surface area contributed by atoms with Crippen LogP contribution < -0.4 is 10.6 Å². The largest absolute Gasteiger partial charge is 0.360 e. The van der Waals surface area contributed by atoms with Crippen LogP contribution in [0.2, 0.25) is 0 Å². The second-order valence-electron chi connectivity index (χ2n) is 3.43. The highest BCUT2D eigenvalue weighted by molar-refractivity contribution is 5.57. The van der Waals surface area contributed by atoms with Crippen molar-refractivity contribution in [3.8, 4) is 24.3 Å². The number of anilines is 2. The standard InChI is InChI=1S/C14H8N6/c15-5-11(6-16)9-19-13-1-2-14(4-3-13)20-10-12(7-17)8-18/h1-4,9-10,19-20H. The number of nitriles is 4. The Morgan fingerprint density at radius 3 is 1.25 bits per heavy atom. The molecule has 0 aliphatic carbocycles. The van der Waals surface area contributed by atoms with E-state index in [1.807, 2.05) is 0 Å². The lowest BCUT2D eigenvalue weighted by molar-refractivity contribution is 1.44. The summed E-state index contributed by atoms with van der Waals surface area (Å²) >= 11 is 0. The molecule has 0 atom stereocenters. The van der Waals surface area contributed by atoms with E-state index in [-0.39, 0.29) is 11.1 Å². The molecule has 0 aliphatic heterocycles. The van der Waals surface area contributed by atoms with Gasteiger partial charge in [0, 0.05) is 23.8 Å². The first-order valence-corrected chi connectivity index (χ1v) is 5.37. The van der Waals surface area contributed by atoms with E-state index in [0.29, 0.717) is 11.4 Å². The predicted octanol–water partition coefficient (Wildman–Crippen LogP) is 2.37. The van der Waals surface area contributed by atoms with E-state index < -0.39 is 0 Å². The molecule has 0 unspecified atom stereocenters. The summed E-state index contributed by atoms with van der Waals surface area (Å²) in [6, 6.07) is 13.8. The van der Waals surface area contributed by atoms with Crippen molar-refractivity contribution in [3.05, 3.63) is 47.8 Å². The third kappa shape index (κ3) is 4.26. The molecular weight excluding hydrogens is 252 g/mol.